The first-order valence-electron chi connectivity index (χ1n) is 7.48. The first-order chi connectivity index (χ1) is 10.5. The van der Waals surface area contributed by atoms with E-state index in [-0.39, 0.29) is 5.82 Å². The van der Waals surface area contributed by atoms with Crippen LogP contribution in [0.25, 0.3) is 0 Å². The molecular formula is C15H22FN2O3P. The lowest BCUT2D eigenvalue weighted by atomic mass is 10.1. The molecule has 0 spiro atoms. The van der Waals surface area contributed by atoms with Crippen LogP contribution in [0.4, 0.5) is 10.1 Å². The number of anilines is 1. The average molecular weight is 328 g/mol. The molecule has 0 radical (unpaired) electrons. The van der Waals surface area contributed by atoms with Gasteiger partial charge in [-0.25, -0.2) is 4.39 Å². The summed E-state index contributed by atoms with van der Waals surface area (Å²) in [5, 5.41) is 3.14. The Morgan fingerprint density at radius 2 is 2.05 bits per heavy atom. The standard InChI is InChI=1S/C15H22FN2O3P/c1-4-20-22(19,21-5-2)11(3)15-13-7-6-12(16)10-14(13)17-8-9-18-15/h6-7,10-11,17H,4-5,8-9H2,1-3H3. The lowest BCUT2D eigenvalue weighted by Crippen LogP contribution is -2.22. The SMILES string of the molecule is CCOP(=O)(OCC)C(C)C1=NCCNc2cc(F)ccc21. The Balaban J connectivity index is 2.42. The Kier molecular flexibility index (Phi) is 5.73. The van der Waals surface area contributed by atoms with Crippen LogP contribution in [-0.2, 0) is 13.6 Å². The molecule has 2 rings (SSSR count). The zero-order chi connectivity index (χ0) is 16.2. The Hall–Kier alpha value is -1.23. The van der Waals surface area contributed by atoms with Gasteiger partial charge < -0.3 is 14.4 Å². The minimum Gasteiger partial charge on any atom is -0.383 e. The second-order valence-corrected chi connectivity index (χ2v) is 7.31. The molecule has 1 N–H and O–H groups in total. The van der Waals surface area contributed by atoms with Gasteiger partial charge in [-0.3, -0.25) is 9.56 Å². The number of nitrogens with one attached hydrogen (secondary N) is 1. The van der Waals surface area contributed by atoms with Gasteiger partial charge >= 0.3 is 7.60 Å². The summed E-state index contributed by atoms with van der Waals surface area (Å²) in [6.07, 6.45) is 0. The number of halogens is 1. The van der Waals surface area contributed by atoms with E-state index in [0.717, 1.165) is 5.56 Å². The predicted octanol–water partition coefficient (Wildman–Crippen LogP) is 3.69. The van der Waals surface area contributed by atoms with E-state index >= 15 is 0 Å². The van der Waals surface area contributed by atoms with Crippen molar-refractivity contribution in [2.75, 3.05) is 31.6 Å². The number of hydrogen-bond donors (Lipinski definition) is 1. The molecule has 7 heteroatoms. The summed E-state index contributed by atoms with van der Waals surface area (Å²) in [6.45, 7) is 7.04. The van der Waals surface area contributed by atoms with Crippen molar-refractivity contribution in [1.82, 2.24) is 0 Å². The van der Waals surface area contributed by atoms with Crippen LogP contribution in [0.15, 0.2) is 23.2 Å². The van der Waals surface area contributed by atoms with Crippen molar-refractivity contribution in [2.24, 2.45) is 4.99 Å². The molecule has 1 heterocycles. The topological polar surface area (TPSA) is 59.9 Å². The van der Waals surface area contributed by atoms with Gasteiger partial charge in [0.2, 0.25) is 0 Å². The highest BCUT2D eigenvalue weighted by molar-refractivity contribution is 7.55. The van der Waals surface area contributed by atoms with Gasteiger partial charge in [0.25, 0.3) is 0 Å². The molecule has 1 aromatic rings. The van der Waals surface area contributed by atoms with E-state index in [1.54, 1.807) is 26.8 Å². The van der Waals surface area contributed by atoms with Crippen molar-refractivity contribution in [3.05, 3.63) is 29.6 Å². The van der Waals surface area contributed by atoms with Gasteiger partial charge in [-0.2, -0.15) is 0 Å². The van der Waals surface area contributed by atoms with Crippen LogP contribution in [0.2, 0.25) is 0 Å². The zero-order valence-electron chi connectivity index (χ0n) is 13.1. The monoisotopic (exact) mass is 328 g/mol. The van der Waals surface area contributed by atoms with Crippen LogP contribution in [-0.4, -0.2) is 37.7 Å². The fraction of sp³-hybridized carbons (Fsp3) is 0.533. The maximum absolute atomic E-state index is 13.4. The van der Waals surface area contributed by atoms with Gasteiger partial charge in [0.15, 0.2) is 0 Å². The van der Waals surface area contributed by atoms with E-state index in [0.29, 0.717) is 37.7 Å². The van der Waals surface area contributed by atoms with E-state index in [2.05, 4.69) is 10.3 Å². The third kappa shape index (κ3) is 3.57. The summed E-state index contributed by atoms with van der Waals surface area (Å²) in [5.41, 5.74) is 1.51. The summed E-state index contributed by atoms with van der Waals surface area (Å²) < 4.78 is 37.3. The fourth-order valence-electron chi connectivity index (χ4n) is 2.47. The van der Waals surface area contributed by atoms with Crippen LogP contribution < -0.4 is 5.32 Å². The molecule has 0 aromatic heterocycles. The quantitative estimate of drug-likeness (QED) is 0.809. The van der Waals surface area contributed by atoms with Gasteiger partial charge in [0.1, 0.15) is 11.5 Å². The highest BCUT2D eigenvalue weighted by Crippen LogP contribution is 2.54. The van der Waals surface area contributed by atoms with Gasteiger partial charge in [-0.15, -0.1) is 0 Å². The van der Waals surface area contributed by atoms with Gasteiger partial charge in [0, 0.05) is 17.8 Å². The lowest BCUT2D eigenvalue weighted by Gasteiger charge is -2.25. The Labute approximate surface area is 130 Å². The highest BCUT2D eigenvalue weighted by Gasteiger charge is 2.37. The predicted molar refractivity (Wildman–Crippen MR) is 86.6 cm³/mol. The molecular weight excluding hydrogens is 306 g/mol. The summed E-state index contributed by atoms with van der Waals surface area (Å²) in [4.78, 5) is 4.52. The van der Waals surface area contributed by atoms with E-state index in [1.165, 1.54) is 12.1 Å². The maximum Gasteiger partial charge on any atom is 0.339 e. The Bertz CT molecular complexity index is 596. The molecule has 0 amide bonds. The first-order valence-corrected chi connectivity index (χ1v) is 9.10. The number of hydrogen-bond acceptors (Lipinski definition) is 5. The van der Waals surface area contributed by atoms with Crippen LogP contribution in [0.3, 0.4) is 0 Å². The molecule has 22 heavy (non-hydrogen) atoms. The fourth-order valence-corrected chi connectivity index (χ4v) is 4.23. The molecule has 0 saturated heterocycles. The number of fused-ring (bicyclic) bond motifs is 1. The van der Waals surface area contributed by atoms with Crippen LogP contribution >= 0.6 is 7.60 Å². The molecule has 0 aliphatic carbocycles. The third-order valence-electron chi connectivity index (χ3n) is 3.46. The molecule has 1 unspecified atom stereocenters. The number of benzodiazepines with no additional fused rings is 1. The second-order valence-electron chi connectivity index (χ2n) is 4.94. The maximum atomic E-state index is 13.4. The third-order valence-corrected chi connectivity index (χ3v) is 5.88. The highest BCUT2D eigenvalue weighted by atomic mass is 31.2. The Morgan fingerprint density at radius 3 is 2.68 bits per heavy atom. The average Bonchev–Trinajstić information content (AvgIpc) is 2.68. The van der Waals surface area contributed by atoms with Gasteiger partial charge in [-0.05, 0) is 39.0 Å². The normalized spacial score (nSPS) is 16.3. The molecule has 5 nitrogen and oxygen atoms in total. The van der Waals surface area contributed by atoms with Crippen LogP contribution in [0, 0.1) is 5.82 Å². The Morgan fingerprint density at radius 1 is 1.36 bits per heavy atom. The smallest absolute Gasteiger partial charge is 0.339 e. The number of benzene rings is 1. The minimum atomic E-state index is -3.32. The van der Waals surface area contributed by atoms with E-state index < -0.39 is 13.3 Å². The number of rotatable bonds is 6. The van der Waals surface area contributed by atoms with Crippen LogP contribution in [0.1, 0.15) is 26.3 Å². The van der Waals surface area contributed by atoms with Gasteiger partial charge in [-0.1, -0.05) is 0 Å². The molecule has 0 bridgehead atoms. The molecule has 1 aliphatic heterocycles. The van der Waals surface area contributed by atoms with Crippen molar-refractivity contribution in [3.8, 4) is 0 Å². The van der Waals surface area contributed by atoms with Crippen LogP contribution in [0.5, 0.6) is 0 Å². The van der Waals surface area contributed by atoms with Crippen molar-refractivity contribution < 1.29 is 18.0 Å². The zero-order valence-corrected chi connectivity index (χ0v) is 14.0. The van der Waals surface area contributed by atoms with Crippen molar-refractivity contribution in [2.45, 2.75) is 26.4 Å². The first kappa shape index (κ1) is 17.1. The van der Waals surface area contributed by atoms with Crippen molar-refractivity contribution in [3.63, 3.8) is 0 Å². The molecule has 1 aromatic carbocycles. The minimum absolute atomic E-state index is 0.295. The number of aliphatic imine (C=N–C) groups is 1. The summed E-state index contributed by atoms with van der Waals surface area (Å²) in [7, 11) is -3.32. The molecule has 0 saturated carbocycles. The van der Waals surface area contributed by atoms with E-state index in [1.807, 2.05) is 0 Å². The van der Waals surface area contributed by atoms with Crippen molar-refractivity contribution >= 4 is 19.0 Å². The summed E-state index contributed by atoms with van der Waals surface area (Å²) in [6, 6.07) is 4.45. The summed E-state index contributed by atoms with van der Waals surface area (Å²) >= 11 is 0. The largest absolute Gasteiger partial charge is 0.383 e. The molecule has 122 valence electrons. The van der Waals surface area contributed by atoms with Crippen molar-refractivity contribution in [1.29, 1.82) is 0 Å². The molecule has 1 atom stereocenters. The van der Waals surface area contributed by atoms with Gasteiger partial charge in [0.05, 0.1) is 25.5 Å². The molecule has 1 aliphatic rings. The number of nitrogens with zero attached hydrogens (tertiary/aromatic N) is 1. The second kappa shape index (κ2) is 7.36. The van der Waals surface area contributed by atoms with E-state index in [4.69, 9.17) is 9.05 Å². The lowest BCUT2D eigenvalue weighted by molar-refractivity contribution is 0.218. The molecule has 0 fully saturated rings. The summed E-state index contributed by atoms with van der Waals surface area (Å²) in [5.74, 6) is -0.321. The van der Waals surface area contributed by atoms with E-state index in [9.17, 15) is 8.96 Å².